The lowest BCUT2D eigenvalue weighted by Gasteiger charge is -2.33. The summed E-state index contributed by atoms with van der Waals surface area (Å²) >= 11 is 1.46. The van der Waals surface area contributed by atoms with Crippen molar-refractivity contribution in [3.63, 3.8) is 0 Å². The van der Waals surface area contributed by atoms with Crippen LogP contribution < -0.4 is 10.9 Å². The van der Waals surface area contributed by atoms with Gasteiger partial charge >= 0.3 is 0 Å². The Labute approximate surface area is 187 Å². The van der Waals surface area contributed by atoms with Crippen molar-refractivity contribution in [3.05, 3.63) is 51.2 Å². The second-order valence-electron chi connectivity index (χ2n) is 9.09. The van der Waals surface area contributed by atoms with Gasteiger partial charge in [0.2, 0.25) is 10.0 Å². The van der Waals surface area contributed by atoms with Gasteiger partial charge in [-0.15, -0.1) is 11.3 Å². The van der Waals surface area contributed by atoms with Crippen LogP contribution in [0.2, 0.25) is 0 Å². The van der Waals surface area contributed by atoms with Gasteiger partial charge in [0.05, 0.1) is 9.77 Å². The number of rotatable bonds is 4. The fourth-order valence-corrected chi connectivity index (χ4v) is 5.68. The third kappa shape index (κ3) is 5.16. The number of aryl methyl sites for hydroxylation is 1. The van der Waals surface area contributed by atoms with Crippen LogP contribution in [0.5, 0.6) is 0 Å². The number of hydrogen-bond acceptors (Lipinski definition) is 5. The minimum absolute atomic E-state index is 0.0100. The molecular weight excluding hydrogens is 434 g/mol. The summed E-state index contributed by atoms with van der Waals surface area (Å²) in [5.41, 5.74) is 6.40. The van der Waals surface area contributed by atoms with Crippen LogP contribution in [0.1, 0.15) is 57.7 Å². The van der Waals surface area contributed by atoms with Crippen molar-refractivity contribution in [3.8, 4) is 0 Å². The van der Waals surface area contributed by atoms with Crippen molar-refractivity contribution in [2.24, 2.45) is 11.3 Å². The fraction of sp³-hybridized carbons (Fsp3) is 0.455. The fourth-order valence-electron chi connectivity index (χ4n) is 3.63. The first kappa shape index (κ1) is 23.4. The molecule has 0 radical (unpaired) electrons. The second-order valence-corrected chi connectivity index (χ2v) is 12.4. The van der Waals surface area contributed by atoms with Crippen molar-refractivity contribution in [2.45, 2.75) is 44.9 Å². The number of fused-ring (bicyclic) bond motifs is 1. The van der Waals surface area contributed by atoms with Crippen LogP contribution in [0, 0.1) is 11.3 Å². The predicted molar refractivity (Wildman–Crippen MR) is 122 cm³/mol. The van der Waals surface area contributed by atoms with Gasteiger partial charge in [0.25, 0.3) is 11.8 Å². The van der Waals surface area contributed by atoms with Crippen molar-refractivity contribution < 1.29 is 18.0 Å². The highest BCUT2D eigenvalue weighted by atomic mass is 32.2. The first-order valence-corrected chi connectivity index (χ1v) is 12.4. The zero-order valence-electron chi connectivity index (χ0n) is 18.5. The van der Waals surface area contributed by atoms with Crippen LogP contribution >= 0.6 is 11.3 Å². The number of nitrogens with one attached hydrogen (secondary N) is 2. The molecule has 1 atom stereocenters. The molecule has 0 saturated carbocycles. The van der Waals surface area contributed by atoms with E-state index in [0.717, 1.165) is 23.6 Å². The molecule has 168 valence electrons. The Balaban J connectivity index is 1.66. The summed E-state index contributed by atoms with van der Waals surface area (Å²) < 4.78 is 25.6. The molecule has 9 heteroatoms. The molecule has 2 aromatic rings. The lowest BCUT2D eigenvalue weighted by Crippen LogP contribution is -2.41. The van der Waals surface area contributed by atoms with Crippen LogP contribution in [-0.4, -0.2) is 38.6 Å². The van der Waals surface area contributed by atoms with Crippen LogP contribution in [0.15, 0.2) is 35.2 Å². The number of hydrogen-bond donors (Lipinski definition) is 2. The number of hydrazine groups is 1. The summed E-state index contributed by atoms with van der Waals surface area (Å²) in [6.45, 7) is 6.74. The Kier molecular flexibility index (Phi) is 6.59. The van der Waals surface area contributed by atoms with Crippen molar-refractivity contribution in [2.75, 3.05) is 14.1 Å². The molecule has 31 heavy (non-hydrogen) atoms. The Morgan fingerprint density at radius 1 is 1.10 bits per heavy atom. The van der Waals surface area contributed by atoms with E-state index in [1.807, 2.05) is 6.07 Å². The molecule has 7 nitrogen and oxygen atoms in total. The molecular formula is C22H29N3O4S2. The first-order valence-electron chi connectivity index (χ1n) is 10.1. The molecule has 2 amide bonds. The van der Waals surface area contributed by atoms with Crippen molar-refractivity contribution in [1.82, 2.24) is 15.2 Å². The normalized spacial score (nSPS) is 16.6. The Hall–Kier alpha value is -2.23. The van der Waals surface area contributed by atoms with Gasteiger partial charge in [0.15, 0.2) is 0 Å². The van der Waals surface area contributed by atoms with Crippen LogP contribution in [0.4, 0.5) is 0 Å². The predicted octanol–water partition coefficient (Wildman–Crippen LogP) is 3.22. The maximum Gasteiger partial charge on any atom is 0.279 e. The van der Waals surface area contributed by atoms with Crippen LogP contribution in [-0.2, 0) is 22.9 Å². The summed E-state index contributed by atoms with van der Waals surface area (Å²) in [6.07, 6.45) is 3.04. The number of carbonyl (C=O) groups excluding carboxylic acids is 2. The van der Waals surface area contributed by atoms with E-state index in [9.17, 15) is 18.0 Å². The van der Waals surface area contributed by atoms with Crippen molar-refractivity contribution >= 4 is 33.2 Å². The van der Waals surface area contributed by atoms with E-state index < -0.39 is 15.9 Å². The molecule has 0 saturated heterocycles. The highest BCUT2D eigenvalue weighted by Crippen LogP contribution is 2.40. The number of benzene rings is 1. The molecule has 1 aromatic carbocycles. The lowest BCUT2D eigenvalue weighted by molar-refractivity contribution is 0.0848. The van der Waals surface area contributed by atoms with E-state index in [4.69, 9.17) is 0 Å². The quantitative estimate of drug-likeness (QED) is 0.681. The monoisotopic (exact) mass is 463 g/mol. The second kappa shape index (κ2) is 8.72. The van der Waals surface area contributed by atoms with E-state index in [2.05, 4.69) is 31.6 Å². The molecule has 1 aliphatic carbocycles. The lowest BCUT2D eigenvalue weighted by atomic mass is 9.72. The largest absolute Gasteiger partial charge is 0.279 e. The van der Waals surface area contributed by atoms with Gasteiger partial charge in [-0.2, -0.15) is 0 Å². The zero-order chi connectivity index (χ0) is 23.0. The SMILES string of the molecule is CN(C)S(=O)(=O)c1cccc(C(=O)NNC(=O)c2cc3c(s2)CC[C@@H](C(C)(C)C)C3)c1. The van der Waals surface area contributed by atoms with Gasteiger partial charge in [0.1, 0.15) is 0 Å². The number of thiophene rings is 1. The number of amides is 2. The molecule has 2 N–H and O–H groups in total. The van der Waals surface area contributed by atoms with Gasteiger partial charge in [-0.25, -0.2) is 12.7 Å². The molecule has 1 heterocycles. The van der Waals surface area contributed by atoms with Crippen LogP contribution in [0.25, 0.3) is 0 Å². The highest BCUT2D eigenvalue weighted by molar-refractivity contribution is 7.89. The highest BCUT2D eigenvalue weighted by Gasteiger charge is 2.30. The minimum Gasteiger partial charge on any atom is -0.267 e. The van der Waals surface area contributed by atoms with Gasteiger partial charge in [0, 0.05) is 24.5 Å². The standard InChI is InChI=1S/C22H29N3O4S2/c1-22(2,3)16-9-10-18-15(11-16)13-19(30-18)21(27)24-23-20(26)14-7-6-8-17(12-14)31(28,29)25(4)5/h6-8,12-13,16H,9-11H2,1-5H3,(H,23,26)(H,24,27)/t16-/m1/s1. The summed E-state index contributed by atoms with van der Waals surface area (Å²) in [7, 11) is -0.810. The zero-order valence-corrected chi connectivity index (χ0v) is 20.1. The number of carbonyl (C=O) groups is 2. The molecule has 3 rings (SSSR count). The molecule has 0 spiro atoms. The van der Waals surface area contributed by atoms with Gasteiger partial charge in [-0.3, -0.25) is 20.4 Å². The summed E-state index contributed by atoms with van der Waals surface area (Å²) in [5.74, 6) is -0.383. The van der Waals surface area contributed by atoms with E-state index >= 15 is 0 Å². The average molecular weight is 464 g/mol. The average Bonchev–Trinajstić information content (AvgIpc) is 3.14. The molecule has 1 aromatic heterocycles. The van der Waals surface area contributed by atoms with E-state index in [1.165, 1.54) is 60.1 Å². The van der Waals surface area contributed by atoms with Crippen molar-refractivity contribution in [1.29, 1.82) is 0 Å². The maximum absolute atomic E-state index is 12.6. The summed E-state index contributed by atoms with van der Waals surface area (Å²) in [5, 5.41) is 0. The Bertz CT molecular complexity index is 1100. The third-order valence-corrected chi connectivity index (χ3v) is 8.74. The number of nitrogens with zero attached hydrogens (tertiary/aromatic N) is 1. The van der Waals surface area contributed by atoms with Gasteiger partial charge in [-0.1, -0.05) is 26.8 Å². The minimum atomic E-state index is -3.66. The molecule has 0 fully saturated rings. The number of sulfonamides is 1. The topological polar surface area (TPSA) is 95.6 Å². The van der Waals surface area contributed by atoms with E-state index in [-0.39, 0.29) is 21.8 Å². The maximum atomic E-state index is 12.6. The summed E-state index contributed by atoms with van der Waals surface area (Å²) in [4.78, 5) is 26.8. The molecule has 1 aliphatic rings. The third-order valence-electron chi connectivity index (χ3n) is 5.70. The van der Waals surface area contributed by atoms with E-state index in [0.29, 0.717) is 10.8 Å². The first-order chi connectivity index (χ1) is 14.4. The van der Waals surface area contributed by atoms with Gasteiger partial charge < -0.3 is 0 Å². The van der Waals surface area contributed by atoms with Gasteiger partial charge in [-0.05, 0) is 60.4 Å². The molecule has 0 unspecified atom stereocenters. The smallest absolute Gasteiger partial charge is 0.267 e. The Morgan fingerprint density at radius 2 is 1.77 bits per heavy atom. The molecule has 0 bridgehead atoms. The Morgan fingerprint density at radius 3 is 2.42 bits per heavy atom. The van der Waals surface area contributed by atoms with E-state index in [1.54, 1.807) is 0 Å². The van der Waals surface area contributed by atoms with Crippen LogP contribution in [0.3, 0.4) is 0 Å². The summed E-state index contributed by atoms with van der Waals surface area (Å²) in [6, 6.07) is 7.61. The molecule has 0 aliphatic heterocycles.